The van der Waals surface area contributed by atoms with Crippen LogP contribution in [-0.2, 0) is 19.1 Å². The number of nitrogens with zero attached hydrogens (tertiary/aromatic N) is 3. The Labute approximate surface area is 196 Å². The molecule has 2 fully saturated rings. The molecular formula is C25H37N3O5. The highest BCUT2D eigenvalue weighted by Gasteiger charge is 2.75. The minimum atomic E-state index is -1.20. The van der Waals surface area contributed by atoms with Crippen molar-refractivity contribution in [2.24, 2.45) is 11.8 Å². The zero-order valence-electron chi connectivity index (χ0n) is 20.4. The van der Waals surface area contributed by atoms with Crippen molar-refractivity contribution < 1.29 is 24.2 Å². The van der Waals surface area contributed by atoms with Crippen LogP contribution in [0.1, 0.15) is 47.0 Å². The van der Waals surface area contributed by atoms with Gasteiger partial charge >= 0.3 is 0 Å². The molecule has 1 spiro atoms. The Morgan fingerprint density at radius 1 is 1.03 bits per heavy atom. The smallest absolute Gasteiger partial charge is 0.249 e. The van der Waals surface area contributed by atoms with E-state index in [0.717, 1.165) is 0 Å². The summed E-state index contributed by atoms with van der Waals surface area (Å²) in [7, 11) is 1.74. The first-order chi connectivity index (χ1) is 15.5. The number of aliphatic hydroxyl groups is 1. The Balaban J connectivity index is 1.88. The molecule has 2 saturated heterocycles. The Morgan fingerprint density at radius 3 is 2.36 bits per heavy atom. The maximum atomic E-state index is 14.1. The zero-order chi connectivity index (χ0) is 24.2. The van der Waals surface area contributed by atoms with Crippen LogP contribution in [0.4, 0.5) is 0 Å². The molecule has 4 aliphatic heterocycles. The van der Waals surface area contributed by atoms with E-state index < -0.39 is 34.6 Å². The summed E-state index contributed by atoms with van der Waals surface area (Å²) in [6, 6.07) is -0.839. The summed E-state index contributed by atoms with van der Waals surface area (Å²) in [4.78, 5) is 46.7. The Morgan fingerprint density at radius 2 is 1.73 bits per heavy atom. The Kier molecular flexibility index (Phi) is 5.98. The third-order valence-electron chi connectivity index (χ3n) is 7.76. The number of hydrogen-bond acceptors (Lipinski definition) is 5. The standard InChI is InChI=1S/C25H37N3O5/c1-6-24-11-9-13-26(5)20(30)17(24)18-21(31)27(14-7-8-16-29)19-22(32)28(23(2,3)4)15-10-12-25(18,19)33-24/h9-12,17-19,29H,6-8,13-16H2,1-5H3/t17-,18+,19?,24+,25+/m1/s1. The average molecular weight is 460 g/mol. The van der Waals surface area contributed by atoms with Gasteiger partial charge in [0.15, 0.2) is 0 Å². The lowest BCUT2D eigenvalue weighted by molar-refractivity contribution is -0.156. The number of likely N-dealkylation sites (N-methyl/N-ethyl adjacent to an activating group) is 1. The number of carbonyl (C=O) groups is 3. The highest BCUT2D eigenvalue weighted by molar-refractivity contribution is 6.00. The van der Waals surface area contributed by atoms with Gasteiger partial charge in [-0.15, -0.1) is 0 Å². The summed E-state index contributed by atoms with van der Waals surface area (Å²) in [5.74, 6) is -1.94. The number of rotatable bonds is 5. The van der Waals surface area contributed by atoms with Crippen LogP contribution in [0, 0.1) is 11.8 Å². The van der Waals surface area contributed by atoms with Gasteiger partial charge in [-0.25, -0.2) is 0 Å². The van der Waals surface area contributed by atoms with Crippen molar-refractivity contribution in [2.45, 2.75) is 69.7 Å². The molecule has 4 heterocycles. The summed E-state index contributed by atoms with van der Waals surface area (Å²) < 4.78 is 6.85. The fourth-order valence-corrected chi connectivity index (χ4v) is 6.12. The van der Waals surface area contributed by atoms with Gasteiger partial charge in [0.1, 0.15) is 11.6 Å². The van der Waals surface area contributed by atoms with Crippen LogP contribution in [0.25, 0.3) is 0 Å². The molecule has 4 aliphatic rings. The van der Waals surface area contributed by atoms with Gasteiger partial charge in [-0.2, -0.15) is 0 Å². The van der Waals surface area contributed by atoms with Crippen molar-refractivity contribution in [1.82, 2.24) is 14.7 Å². The quantitative estimate of drug-likeness (QED) is 0.495. The number of hydrogen-bond donors (Lipinski definition) is 1. The van der Waals surface area contributed by atoms with Crippen molar-refractivity contribution in [3.05, 3.63) is 24.3 Å². The molecular weight excluding hydrogens is 422 g/mol. The van der Waals surface area contributed by atoms with Crippen molar-refractivity contribution in [2.75, 3.05) is 33.3 Å². The number of fused-ring (bicyclic) bond motifs is 2. The van der Waals surface area contributed by atoms with Gasteiger partial charge in [0.25, 0.3) is 0 Å². The van der Waals surface area contributed by atoms with Crippen molar-refractivity contribution in [3.63, 3.8) is 0 Å². The summed E-state index contributed by atoms with van der Waals surface area (Å²) in [6.45, 7) is 9.16. The first-order valence-electron chi connectivity index (χ1n) is 12.1. The van der Waals surface area contributed by atoms with E-state index in [1.807, 2.05) is 52.0 Å². The van der Waals surface area contributed by atoms with E-state index in [-0.39, 0.29) is 24.3 Å². The zero-order valence-corrected chi connectivity index (χ0v) is 20.4. The molecule has 0 aromatic rings. The number of carbonyl (C=O) groups excluding carboxylic acids is 3. The molecule has 8 heteroatoms. The lowest BCUT2D eigenvalue weighted by atomic mass is 9.73. The lowest BCUT2D eigenvalue weighted by Crippen LogP contribution is -2.59. The predicted octanol–water partition coefficient (Wildman–Crippen LogP) is 1.35. The second kappa shape index (κ2) is 8.24. The largest absolute Gasteiger partial charge is 0.396 e. The van der Waals surface area contributed by atoms with Crippen molar-refractivity contribution >= 4 is 17.7 Å². The van der Waals surface area contributed by atoms with E-state index in [2.05, 4.69) is 0 Å². The first-order valence-corrected chi connectivity index (χ1v) is 12.1. The van der Waals surface area contributed by atoms with Crippen LogP contribution in [0.5, 0.6) is 0 Å². The van der Waals surface area contributed by atoms with Crippen LogP contribution in [0.15, 0.2) is 24.3 Å². The molecule has 182 valence electrons. The van der Waals surface area contributed by atoms with Crippen LogP contribution >= 0.6 is 0 Å². The topological polar surface area (TPSA) is 90.4 Å². The lowest BCUT2D eigenvalue weighted by Gasteiger charge is -2.41. The monoisotopic (exact) mass is 459 g/mol. The van der Waals surface area contributed by atoms with Gasteiger partial charge in [-0.3, -0.25) is 14.4 Å². The Hall–Kier alpha value is -2.19. The van der Waals surface area contributed by atoms with Crippen LogP contribution in [0.2, 0.25) is 0 Å². The van der Waals surface area contributed by atoms with E-state index in [9.17, 15) is 19.5 Å². The fraction of sp³-hybridized carbons (Fsp3) is 0.720. The average Bonchev–Trinajstić information content (AvgIpc) is 3.04. The number of aliphatic hydroxyl groups excluding tert-OH is 1. The van der Waals surface area contributed by atoms with E-state index >= 15 is 0 Å². The predicted molar refractivity (Wildman–Crippen MR) is 123 cm³/mol. The maximum absolute atomic E-state index is 14.1. The second-order valence-corrected chi connectivity index (χ2v) is 10.7. The molecule has 0 aromatic heterocycles. The van der Waals surface area contributed by atoms with Gasteiger partial charge in [0, 0.05) is 38.8 Å². The molecule has 0 saturated carbocycles. The molecule has 8 nitrogen and oxygen atoms in total. The van der Waals surface area contributed by atoms with Gasteiger partial charge in [-0.1, -0.05) is 31.2 Å². The van der Waals surface area contributed by atoms with Crippen molar-refractivity contribution in [3.8, 4) is 0 Å². The van der Waals surface area contributed by atoms with Gasteiger partial charge < -0.3 is 24.5 Å². The van der Waals surface area contributed by atoms with Gasteiger partial charge in [0.2, 0.25) is 17.7 Å². The number of ether oxygens (including phenoxy) is 1. The molecule has 0 bridgehead atoms. The van der Waals surface area contributed by atoms with Gasteiger partial charge in [0.05, 0.1) is 17.4 Å². The minimum absolute atomic E-state index is 0.0232. The third-order valence-corrected chi connectivity index (χ3v) is 7.76. The fourth-order valence-electron chi connectivity index (χ4n) is 6.12. The van der Waals surface area contributed by atoms with E-state index in [1.165, 1.54) is 0 Å². The third kappa shape index (κ3) is 3.44. The highest BCUT2D eigenvalue weighted by atomic mass is 16.5. The molecule has 1 N–H and O–H groups in total. The molecule has 5 atom stereocenters. The summed E-state index contributed by atoms with van der Waals surface area (Å²) in [5, 5.41) is 9.29. The highest BCUT2D eigenvalue weighted by Crippen LogP contribution is 2.58. The van der Waals surface area contributed by atoms with Gasteiger partial charge in [-0.05, 0) is 40.0 Å². The van der Waals surface area contributed by atoms with Crippen LogP contribution in [-0.4, -0.2) is 93.6 Å². The van der Waals surface area contributed by atoms with E-state index in [1.54, 1.807) is 21.7 Å². The normalized spacial score (nSPS) is 36.1. The summed E-state index contributed by atoms with van der Waals surface area (Å²) >= 11 is 0. The molecule has 0 aliphatic carbocycles. The number of unbranched alkanes of at least 4 members (excludes halogenated alkanes) is 1. The minimum Gasteiger partial charge on any atom is -0.396 e. The molecule has 0 aromatic carbocycles. The molecule has 4 rings (SSSR count). The number of likely N-dealkylation sites (tertiary alicyclic amines) is 1. The first kappa shape index (κ1) is 24.0. The molecule has 33 heavy (non-hydrogen) atoms. The second-order valence-electron chi connectivity index (χ2n) is 10.7. The van der Waals surface area contributed by atoms with Crippen LogP contribution in [0.3, 0.4) is 0 Å². The molecule has 0 radical (unpaired) electrons. The summed E-state index contributed by atoms with van der Waals surface area (Å²) in [5.41, 5.74) is -2.57. The molecule has 3 amide bonds. The van der Waals surface area contributed by atoms with Crippen LogP contribution < -0.4 is 0 Å². The SMILES string of the molecule is CC[C@]12C=CCN(C)C(=O)[C@H]1[C@H]1C(=O)N(CCCCO)C3C(=O)N(C(C)(C)C)CC=C[C@@]31O2. The Bertz CT molecular complexity index is 893. The molecule has 1 unspecified atom stereocenters. The van der Waals surface area contributed by atoms with E-state index in [4.69, 9.17) is 4.74 Å². The van der Waals surface area contributed by atoms with E-state index in [0.29, 0.717) is 38.9 Å². The maximum Gasteiger partial charge on any atom is 0.249 e. The number of amides is 3. The van der Waals surface area contributed by atoms with Crippen molar-refractivity contribution in [1.29, 1.82) is 0 Å². The summed E-state index contributed by atoms with van der Waals surface area (Å²) in [6.07, 6.45) is 9.33.